The third-order valence-corrected chi connectivity index (χ3v) is 3.27. The number of hydrogen-bond acceptors (Lipinski definition) is 6. The number of nitrogens with zero attached hydrogens (tertiary/aromatic N) is 1. The molecule has 0 aliphatic carbocycles. The van der Waals surface area contributed by atoms with E-state index in [0.29, 0.717) is 0 Å². The highest BCUT2D eigenvalue weighted by atomic mass is 16.6. The summed E-state index contributed by atoms with van der Waals surface area (Å²) in [6.07, 6.45) is 0.978. The fourth-order valence-electron chi connectivity index (χ4n) is 2.32. The summed E-state index contributed by atoms with van der Waals surface area (Å²) in [6, 6.07) is -0.424. The van der Waals surface area contributed by atoms with Gasteiger partial charge in [-0.25, -0.2) is 4.79 Å². The van der Waals surface area contributed by atoms with Crippen molar-refractivity contribution >= 4 is 17.8 Å². The number of amides is 1. The van der Waals surface area contributed by atoms with E-state index in [4.69, 9.17) is 14.2 Å². The minimum absolute atomic E-state index is 0.0543. The molecule has 1 saturated heterocycles. The van der Waals surface area contributed by atoms with Crippen LogP contribution in [0.4, 0.5) is 4.79 Å². The Morgan fingerprint density at radius 3 is 2.57 bits per heavy atom. The van der Waals surface area contributed by atoms with Gasteiger partial charge >= 0.3 is 12.1 Å². The topological polar surface area (TPSA) is 82.1 Å². The number of methoxy groups -OCH3 is 1. The second-order valence-electron chi connectivity index (χ2n) is 6.39. The molecule has 1 aliphatic heterocycles. The van der Waals surface area contributed by atoms with Crippen LogP contribution in [0.1, 0.15) is 27.2 Å². The summed E-state index contributed by atoms with van der Waals surface area (Å²) < 4.78 is 15.4. The second-order valence-corrected chi connectivity index (χ2v) is 6.39. The van der Waals surface area contributed by atoms with Crippen LogP contribution < -0.4 is 0 Å². The first-order chi connectivity index (χ1) is 10.7. The molecule has 7 nitrogen and oxygen atoms in total. The number of hydrogen-bond donors (Lipinski definition) is 0. The number of carbonyl (C=O) groups is 3. The number of Topliss-reactive ketones (excluding diaryl/α,β-unsaturated/α-hetero) is 1. The van der Waals surface area contributed by atoms with Crippen molar-refractivity contribution in [3.63, 3.8) is 0 Å². The predicted octanol–water partition coefficient (Wildman–Crippen LogP) is 1.56. The van der Waals surface area contributed by atoms with Gasteiger partial charge in [0.05, 0.1) is 19.2 Å². The lowest BCUT2D eigenvalue weighted by atomic mass is 9.90. The highest BCUT2D eigenvalue weighted by Crippen LogP contribution is 2.24. The zero-order valence-corrected chi connectivity index (χ0v) is 14.2. The zero-order valence-electron chi connectivity index (χ0n) is 14.2. The molecule has 130 valence electrons. The standard InChI is InChI=1S/C16H25NO6/c1-6-7-22-15(20)17-9-13(18)12(8-11(17)10-21-5)14(19)23-16(2,3)4/h6,11-12H,1,7-10H2,2-5H3/t11-,12?/m0/s1. The molecule has 1 unspecified atom stereocenters. The molecule has 7 heteroatoms. The number of ether oxygens (including phenoxy) is 3. The van der Waals surface area contributed by atoms with E-state index >= 15 is 0 Å². The van der Waals surface area contributed by atoms with Crippen molar-refractivity contribution in [3.05, 3.63) is 12.7 Å². The van der Waals surface area contributed by atoms with Crippen LogP contribution in [0, 0.1) is 5.92 Å². The van der Waals surface area contributed by atoms with Gasteiger partial charge in [-0.05, 0) is 27.2 Å². The monoisotopic (exact) mass is 327 g/mol. The number of ketones is 1. The van der Waals surface area contributed by atoms with Crippen molar-refractivity contribution in [2.45, 2.75) is 38.8 Å². The third-order valence-electron chi connectivity index (χ3n) is 3.27. The molecule has 0 saturated carbocycles. The van der Waals surface area contributed by atoms with Crippen molar-refractivity contribution in [1.29, 1.82) is 0 Å². The number of likely N-dealkylation sites (tertiary alicyclic amines) is 1. The Labute approximate surface area is 136 Å². The maximum Gasteiger partial charge on any atom is 0.410 e. The Morgan fingerprint density at radius 2 is 2.04 bits per heavy atom. The van der Waals surface area contributed by atoms with Crippen molar-refractivity contribution in [2.24, 2.45) is 5.92 Å². The first kappa shape index (κ1) is 19.2. The van der Waals surface area contributed by atoms with Crippen LogP contribution in [-0.2, 0) is 23.8 Å². The fourth-order valence-corrected chi connectivity index (χ4v) is 2.32. The van der Waals surface area contributed by atoms with Gasteiger partial charge in [0.15, 0.2) is 5.78 Å². The van der Waals surface area contributed by atoms with E-state index in [1.165, 1.54) is 18.1 Å². The minimum Gasteiger partial charge on any atom is -0.459 e. The molecule has 0 N–H and O–H groups in total. The lowest BCUT2D eigenvalue weighted by molar-refractivity contribution is -0.165. The van der Waals surface area contributed by atoms with Gasteiger partial charge in [-0.3, -0.25) is 14.5 Å². The summed E-state index contributed by atoms with van der Waals surface area (Å²) in [5.74, 6) is -1.82. The molecule has 1 amide bonds. The molecule has 1 fully saturated rings. The molecular weight excluding hydrogens is 302 g/mol. The Kier molecular flexibility index (Phi) is 6.75. The number of esters is 1. The quantitative estimate of drug-likeness (QED) is 0.433. The molecule has 0 aromatic rings. The smallest absolute Gasteiger partial charge is 0.410 e. The Hall–Kier alpha value is -1.89. The van der Waals surface area contributed by atoms with E-state index in [9.17, 15) is 14.4 Å². The lowest BCUT2D eigenvalue weighted by Gasteiger charge is -2.37. The van der Waals surface area contributed by atoms with E-state index in [0.717, 1.165) is 0 Å². The molecule has 0 aromatic carbocycles. The summed E-state index contributed by atoms with van der Waals surface area (Å²) >= 11 is 0. The van der Waals surface area contributed by atoms with Crippen LogP contribution in [-0.4, -0.2) is 61.3 Å². The number of carbonyl (C=O) groups excluding carboxylic acids is 3. The normalized spacial score (nSPS) is 21.7. The van der Waals surface area contributed by atoms with Crippen molar-refractivity contribution < 1.29 is 28.6 Å². The van der Waals surface area contributed by atoms with Gasteiger partial charge in [-0.15, -0.1) is 0 Å². The Morgan fingerprint density at radius 1 is 1.39 bits per heavy atom. The van der Waals surface area contributed by atoms with E-state index in [1.807, 2.05) is 0 Å². The van der Waals surface area contributed by atoms with Gasteiger partial charge in [0.25, 0.3) is 0 Å². The fraction of sp³-hybridized carbons (Fsp3) is 0.688. The number of piperidine rings is 1. The van der Waals surface area contributed by atoms with Crippen molar-refractivity contribution in [1.82, 2.24) is 4.90 Å². The summed E-state index contributed by atoms with van der Waals surface area (Å²) in [5.41, 5.74) is -0.672. The molecule has 0 radical (unpaired) electrons. The van der Waals surface area contributed by atoms with Crippen LogP contribution in [0.15, 0.2) is 12.7 Å². The molecule has 0 spiro atoms. The highest BCUT2D eigenvalue weighted by molar-refractivity contribution is 6.01. The van der Waals surface area contributed by atoms with Gasteiger partial charge in [0.1, 0.15) is 18.1 Å². The molecule has 23 heavy (non-hydrogen) atoms. The highest BCUT2D eigenvalue weighted by Gasteiger charge is 2.42. The van der Waals surface area contributed by atoms with Gasteiger partial charge in [-0.1, -0.05) is 12.7 Å². The molecule has 1 aliphatic rings. The SMILES string of the molecule is C=CCOC(=O)N1CC(=O)C(C(=O)OC(C)(C)C)C[C@H]1COC. The predicted molar refractivity (Wildman–Crippen MR) is 82.9 cm³/mol. The maximum absolute atomic E-state index is 12.2. The van der Waals surface area contributed by atoms with Crippen molar-refractivity contribution in [3.8, 4) is 0 Å². The van der Waals surface area contributed by atoms with Crippen LogP contribution >= 0.6 is 0 Å². The largest absolute Gasteiger partial charge is 0.459 e. The molecule has 2 atom stereocenters. The first-order valence-electron chi connectivity index (χ1n) is 7.48. The van der Waals surface area contributed by atoms with E-state index < -0.39 is 29.6 Å². The van der Waals surface area contributed by atoms with Crippen LogP contribution in [0.3, 0.4) is 0 Å². The summed E-state index contributed by atoms with van der Waals surface area (Å²) in [5, 5.41) is 0. The van der Waals surface area contributed by atoms with E-state index in [2.05, 4.69) is 6.58 Å². The van der Waals surface area contributed by atoms with Crippen LogP contribution in [0.5, 0.6) is 0 Å². The number of rotatable bonds is 5. The third kappa shape index (κ3) is 5.67. The summed E-state index contributed by atoms with van der Waals surface area (Å²) in [4.78, 5) is 37.8. The molecular formula is C16H25NO6. The maximum atomic E-state index is 12.2. The minimum atomic E-state index is -0.891. The average Bonchev–Trinajstić information content (AvgIpc) is 2.44. The summed E-state index contributed by atoms with van der Waals surface area (Å²) in [7, 11) is 1.49. The van der Waals surface area contributed by atoms with Gasteiger partial charge < -0.3 is 14.2 Å². The van der Waals surface area contributed by atoms with Crippen LogP contribution in [0.2, 0.25) is 0 Å². The van der Waals surface area contributed by atoms with Crippen molar-refractivity contribution in [2.75, 3.05) is 26.9 Å². The Bertz CT molecular complexity index is 468. The lowest BCUT2D eigenvalue weighted by Crippen LogP contribution is -2.54. The molecule has 0 aromatic heterocycles. The second kappa shape index (κ2) is 8.10. The van der Waals surface area contributed by atoms with Gasteiger partial charge in [0.2, 0.25) is 0 Å². The van der Waals surface area contributed by atoms with E-state index in [1.54, 1.807) is 20.8 Å². The Balaban J connectivity index is 2.83. The van der Waals surface area contributed by atoms with Gasteiger partial charge in [0, 0.05) is 7.11 Å². The van der Waals surface area contributed by atoms with Gasteiger partial charge in [-0.2, -0.15) is 0 Å². The molecule has 1 heterocycles. The van der Waals surface area contributed by atoms with Crippen LogP contribution in [0.25, 0.3) is 0 Å². The molecule has 1 rings (SSSR count). The zero-order chi connectivity index (χ0) is 17.6. The molecule has 0 bridgehead atoms. The first-order valence-corrected chi connectivity index (χ1v) is 7.48. The summed E-state index contributed by atoms with van der Waals surface area (Å²) in [6.45, 7) is 8.75. The average molecular weight is 327 g/mol. The van der Waals surface area contributed by atoms with E-state index in [-0.39, 0.29) is 32.0 Å².